The summed E-state index contributed by atoms with van der Waals surface area (Å²) in [4.78, 5) is 6.53. The number of piperidine rings is 1. The lowest BCUT2D eigenvalue weighted by molar-refractivity contribution is 0.143. The first kappa shape index (κ1) is 13.5. The summed E-state index contributed by atoms with van der Waals surface area (Å²) in [6.07, 6.45) is 8.59. The average Bonchev–Trinajstić information content (AvgIpc) is 2.90. The third-order valence-corrected chi connectivity index (χ3v) is 3.68. The van der Waals surface area contributed by atoms with Crippen LogP contribution in [0.1, 0.15) is 25.7 Å². The zero-order valence-electron chi connectivity index (χ0n) is 11.3. The quantitative estimate of drug-likeness (QED) is 0.688. The van der Waals surface area contributed by atoms with Crippen LogP contribution < -0.4 is 0 Å². The Morgan fingerprint density at radius 2 is 2.33 bits per heavy atom. The van der Waals surface area contributed by atoms with E-state index in [9.17, 15) is 0 Å². The van der Waals surface area contributed by atoms with Crippen molar-refractivity contribution in [1.29, 1.82) is 0 Å². The predicted molar refractivity (Wildman–Crippen MR) is 70.3 cm³/mol. The molecule has 0 aliphatic carbocycles. The standard InChI is InChI=1S/C13H24N4O/c1-18-9-3-5-13-4-2-6-16(10-13)7-8-17-12-14-11-15-17/h11-13H,2-10H2,1H3/t13-/m1/s1. The van der Waals surface area contributed by atoms with Gasteiger partial charge in [-0.1, -0.05) is 0 Å². The molecule has 1 aliphatic rings. The molecule has 1 aromatic heterocycles. The molecule has 1 aromatic rings. The Morgan fingerprint density at radius 1 is 1.39 bits per heavy atom. The Bertz CT molecular complexity index is 315. The van der Waals surface area contributed by atoms with Crippen LogP contribution in [0.5, 0.6) is 0 Å². The molecule has 0 saturated carbocycles. The molecule has 2 rings (SSSR count). The van der Waals surface area contributed by atoms with Gasteiger partial charge in [-0.15, -0.1) is 0 Å². The summed E-state index contributed by atoms with van der Waals surface area (Å²) in [5.74, 6) is 0.852. The Morgan fingerprint density at radius 3 is 3.11 bits per heavy atom. The fraction of sp³-hybridized carbons (Fsp3) is 0.846. The Kier molecular flexibility index (Phi) is 5.61. The Hall–Kier alpha value is -0.940. The summed E-state index contributed by atoms with van der Waals surface area (Å²) < 4.78 is 7.04. The van der Waals surface area contributed by atoms with E-state index >= 15 is 0 Å². The van der Waals surface area contributed by atoms with E-state index in [-0.39, 0.29) is 0 Å². The molecule has 0 spiro atoms. The molecule has 0 radical (unpaired) electrons. The normalized spacial score (nSPS) is 21.3. The highest BCUT2D eigenvalue weighted by Crippen LogP contribution is 2.20. The summed E-state index contributed by atoms with van der Waals surface area (Å²) in [5.41, 5.74) is 0. The molecule has 0 bridgehead atoms. The zero-order chi connectivity index (χ0) is 12.6. The van der Waals surface area contributed by atoms with Crippen molar-refractivity contribution in [3.63, 3.8) is 0 Å². The molecule has 102 valence electrons. The molecular weight excluding hydrogens is 228 g/mol. The Balaban J connectivity index is 1.66. The molecule has 0 unspecified atom stereocenters. The molecule has 1 aliphatic heterocycles. The highest BCUT2D eigenvalue weighted by molar-refractivity contribution is 4.73. The van der Waals surface area contributed by atoms with Gasteiger partial charge in [-0.25, -0.2) is 4.98 Å². The highest BCUT2D eigenvalue weighted by atomic mass is 16.5. The van der Waals surface area contributed by atoms with Crippen LogP contribution in [0.4, 0.5) is 0 Å². The number of ether oxygens (including phenoxy) is 1. The Labute approximate surface area is 109 Å². The largest absolute Gasteiger partial charge is 0.385 e. The molecule has 18 heavy (non-hydrogen) atoms. The summed E-state index contributed by atoms with van der Waals surface area (Å²) in [6, 6.07) is 0. The van der Waals surface area contributed by atoms with Crippen LogP contribution in [0.3, 0.4) is 0 Å². The van der Waals surface area contributed by atoms with Gasteiger partial charge in [0.25, 0.3) is 0 Å². The fourth-order valence-corrected chi connectivity index (χ4v) is 2.70. The topological polar surface area (TPSA) is 43.2 Å². The molecule has 5 heteroatoms. The number of rotatable bonds is 7. The van der Waals surface area contributed by atoms with Gasteiger partial charge in [0.05, 0.1) is 6.54 Å². The maximum Gasteiger partial charge on any atom is 0.137 e. The van der Waals surface area contributed by atoms with Crippen molar-refractivity contribution in [1.82, 2.24) is 19.7 Å². The maximum atomic E-state index is 5.12. The van der Waals surface area contributed by atoms with Gasteiger partial charge in [0, 0.05) is 26.8 Å². The van der Waals surface area contributed by atoms with E-state index in [2.05, 4.69) is 15.0 Å². The minimum Gasteiger partial charge on any atom is -0.385 e. The molecule has 0 N–H and O–H groups in total. The summed E-state index contributed by atoms with van der Waals surface area (Å²) in [5, 5.41) is 4.14. The van der Waals surface area contributed by atoms with Gasteiger partial charge in [-0.3, -0.25) is 4.68 Å². The van der Waals surface area contributed by atoms with Crippen molar-refractivity contribution >= 4 is 0 Å². The minimum absolute atomic E-state index is 0.852. The van der Waals surface area contributed by atoms with Crippen molar-refractivity contribution in [2.24, 2.45) is 5.92 Å². The fourth-order valence-electron chi connectivity index (χ4n) is 2.70. The van der Waals surface area contributed by atoms with Gasteiger partial charge in [-0.2, -0.15) is 5.10 Å². The van der Waals surface area contributed by atoms with Gasteiger partial charge < -0.3 is 9.64 Å². The van der Waals surface area contributed by atoms with Crippen LogP contribution in [0.15, 0.2) is 12.7 Å². The lowest BCUT2D eigenvalue weighted by Crippen LogP contribution is -2.37. The second-order valence-corrected chi connectivity index (χ2v) is 5.10. The van der Waals surface area contributed by atoms with E-state index in [0.717, 1.165) is 25.6 Å². The SMILES string of the molecule is COCCC[C@H]1CCCN(CCn2cncn2)C1. The van der Waals surface area contributed by atoms with Crippen molar-refractivity contribution in [3.05, 3.63) is 12.7 Å². The zero-order valence-corrected chi connectivity index (χ0v) is 11.3. The smallest absolute Gasteiger partial charge is 0.137 e. The van der Waals surface area contributed by atoms with Crippen LogP contribution in [-0.4, -0.2) is 53.0 Å². The number of hydrogen-bond acceptors (Lipinski definition) is 4. The molecule has 1 fully saturated rings. The summed E-state index contributed by atoms with van der Waals surface area (Å²) in [6.45, 7) is 5.40. The second kappa shape index (κ2) is 7.48. The first-order valence-electron chi connectivity index (χ1n) is 6.92. The molecular formula is C13H24N4O. The van der Waals surface area contributed by atoms with Crippen LogP contribution in [0.2, 0.25) is 0 Å². The molecule has 1 atom stereocenters. The van der Waals surface area contributed by atoms with Gasteiger partial charge in [-0.05, 0) is 38.1 Å². The van der Waals surface area contributed by atoms with Gasteiger partial charge >= 0.3 is 0 Å². The van der Waals surface area contributed by atoms with Gasteiger partial charge in [0.1, 0.15) is 12.7 Å². The molecule has 0 aromatic carbocycles. The van der Waals surface area contributed by atoms with Crippen LogP contribution >= 0.6 is 0 Å². The number of aromatic nitrogens is 3. The minimum atomic E-state index is 0.852. The third-order valence-electron chi connectivity index (χ3n) is 3.68. The van der Waals surface area contributed by atoms with E-state index in [4.69, 9.17) is 4.74 Å². The van der Waals surface area contributed by atoms with Crippen LogP contribution in [0.25, 0.3) is 0 Å². The first-order valence-corrected chi connectivity index (χ1v) is 6.92. The van der Waals surface area contributed by atoms with E-state index in [1.165, 1.54) is 38.8 Å². The van der Waals surface area contributed by atoms with Crippen molar-refractivity contribution in [3.8, 4) is 0 Å². The summed E-state index contributed by atoms with van der Waals surface area (Å²) in [7, 11) is 1.78. The molecule has 1 saturated heterocycles. The number of hydrogen-bond donors (Lipinski definition) is 0. The van der Waals surface area contributed by atoms with E-state index in [1.54, 1.807) is 19.8 Å². The van der Waals surface area contributed by atoms with E-state index < -0.39 is 0 Å². The van der Waals surface area contributed by atoms with Crippen LogP contribution in [-0.2, 0) is 11.3 Å². The predicted octanol–water partition coefficient (Wildman–Crippen LogP) is 1.42. The number of nitrogens with zero attached hydrogens (tertiary/aromatic N) is 4. The van der Waals surface area contributed by atoms with Crippen LogP contribution in [0, 0.1) is 5.92 Å². The highest BCUT2D eigenvalue weighted by Gasteiger charge is 2.19. The monoisotopic (exact) mass is 252 g/mol. The third kappa shape index (κ3) is 4.38. The molecule has 0 amide bonds. The van der Waals surface area contributed by atoms with Gasteiger partial charge in [0.2, 0.25) is 0 Å². The summed E-state index contributed by atoms with van der Waals surface area (Å²) >= 11 is 0. The second-order valence-electron chi connectivity index (χ2n) is 5.10. The van der Waals surface area contributed by atoms with Gasteiger partial charge in [0.15, 0.2) is 0 Å². The average molecular weight is 252 g/mol. The van der Waals surface area contributed by atoms with E-state index in [1.807, 2.05) is 4.68 Å². The first-order chi connectivity index (χ1) is 8.88. The van der Waals surface area contributed by atoms with E-state index in [0.29, 0.717) is 0 Å². The number of methoxy groups -OCH3 is 1. The molecule has 5 nitrogen and oxygen atoms in total. The lowest BCUT2D eigenvalue weighted by atomic mass is 9.93. The lowest BCUT2D eigenvalue weighted by Gasteiger charge is -2.32. The van der Waals surface area contributed by atoms with Crippen molar-refractivity contribution in [2.75, 3.05) is 33.4 Å². The molecule has 2 heterocycles. The van der Waals surface area contributed by atoms with Crippen molar-refractivity contribution in [2.45, 2.75) is 32.2 Å². The number of likely N-dealkylation sites (tertiary alicyclic amines) is 1. The maximum absolute atomic E-state index is 5.12. The van der Waals surface area contributed by atoms with Crippen molar-refractivity contribution < 1.29 is 4.74 Å².